The highest BCUT2D eigenvalue weighted by atomic mass is 16.5. The van der Waals surface area contributed by atoms with E-state index in [2.05, 4.69) is 25.8 Å². The first-order valence-electron chi connectivity index (χ1n) is 7.38. The molecule has 1 N–H and O–H groups in total. The molecule has 3 unspecified atom stereocenters. The molecule has 106 valence electrons. The van der Waals surface area contributed by atoms with Crippen molar-refractivity contribution in [3.05, 3.63) is 0 Å². The maximum Gasteiger partial charge on any atom is 0.0623 e. The molecule has 2 aliphatic rings. The molecule has 0 aliphatic carbocycles. The molecule has 0 radical (unpaired) electrons. The summed E-state index contributed by atoms with van der Waals surface area (Å²) in [5.74, 6) is 0.506. The number of hydrogen-bond acceptors (Lipinski definition) is 3. The van der Waals surface area contributed by atoms with Crippen LogP contribution in [0.15, 0.2) is 0 Å². The van der Waals surface area contributed by atoms with Gasteiger partial charge in [0.15, 0.2) is 0 Å². The Balaban J connectivity index is 1.82. The number of piperidine rings is 1. The van der Waals surface area contributed by atoms with E-state index in [1.165, 1.54) is 25.7 Å². The van der Waals surface area contributed by atoms with Gasteiger partial charge < -0.3 is 14.7 Å². The average Bonchev–Trinajstić information content (AvgIpc) is 2.58. The molecule has 3 atom stereocenters. The summed E-state index contributed by atoms with van der Waals surface area (Å²) in [6.45, 7) is 4.19. The maximum absolute atomic E-state index is 10.4. The van der Waals surface area contributed by atoms with Crippen LogP contribution in [0.5, 0.6) is 0 Å². The standard InChI is InChI=1S/C15H29NO2/c1-15(2,18-4)8-7-14(17)11-9-12-5-6-13(10-11)16(12)3/h11-14,17H,5-10H2,1-4H3. The summed E-state index contributed by atoms with van der Waals surface area (Å²) in [6.07, 6.45) is 6.68. The Labute approximate surface area is 112 Å². The van der Waals surface area contributed by atoms with Gasteiger partial charge in [0.25, 0.3) is 0 Å². The molecule has 2 saturated heterocycles. The normalized spacial score (nSPS) is 34.8. The molecule has 2 heterocycles. The highest BCUT2D eigenvalue weighted by Crippen LogP contribution is 2.39. The van der Waals surface area contributed by atoms with E-state index in [4.69, 9.17) is 4.74 Å². The van der Waals surface area contributed by atoms with E-state index < -0.39 is 0 Å². The van der Waals surface area contributed by atoms with E-state index >= 15 is 0 Å². The highest BCUT2D eigenvalue weighted by molar-refractivity contribution is 4.95. The topological polar surface area (TPSA) is 32.7 Å². The van der Waals surface area contributed by atoms with E-state index in [1.807, 2.05) is 0 Å². The van der Waals surface area contributed by atoms with Gasteiger partial charge in [0, 0.05) is 19.2 Å². The van der Waals surface area contributed by atoms with Crippen LogP contribution in [0.2, 0.25) is 0 Å². The van der Waals surface area contributed by atoms with Crippen molar-refractivity contribution in [1.29, 1.82) is 0 Å². The molecule has 0 saturated carbocycles. The molecule has 0 amide bonds. The van der Waals surface area contributed by atoms with Gasteiger partial charge in [0.1, 0.15) is 0 Å². The molecule has 3 nitrogen and oxygen atoms in total. The van der Waals surface area contributed by atoms with Crippen molar-refractivity contribution in [2.24, 2.45) is 5.92 Å². The molecular formula is C15H29NO2. The molecule has 0 spiro atoms. The SMILES string of the molecule is COC(C)(C)CCC(O)C1CC2CCC(C1)N2C. The number of nitrogens with zero attached hydrogens (tertiary/aromatic N) is 1. The third-order valence-corrected chi connectivity index (χ3v) is 5.27. The fraction of sp³-hybridized carbons (Fsp3) is 1.00. The van der Waals surface area contributed by atoms with E-state index in [0.29, 0.717) is 5.92 Å². The number of fused-ring (bicyclic) bond motifs is 2. The van der Waals surface area contributed by atoms with Crippen LogP contribution >= 0.6 is 0 Å². The van der Waals surface area contributed by atoms with E-state index in [1.54, 1.807) is 7.11 Å². The zero-order valence-corrected chi connectivity index (χ0v) is 12.4. The maximum atomic E-state index is 10.4. The van der Waals surface area contributed by atoms with Crippen LogP contribution in [0.4, 0.5) is 0 Å². The second kappa shape index (κ2) is 5.48. The zero-order valence-electron chi connectivity index (χ0n) is 12.4. The van der Waals surface area contributed by atoms with Gasteiger partial charge in [0.05, 0.1) is 11.7 Å². The van der Waals surface area contributed by atoms with Crippen molar-refractivity contribution < 1.29 is 9.84 Å². The van der Waals surface area contributed by atoms with Gasteiger partial charge in [-0.25, -0.2) is 0 Å². The van der Waals surface area contributed by atoms with Gasteiger partial charge >= 0.3 is 0 Å². The van der Waals surface area contributed by atoms with Gasteiger partial charge in [-0.15, -0.1) is 0 Å². The van der Waals surface area contributed by atoms with Crippen molar-refractivity contribution in [3.8, 4) is 0 Å². The zero-order chi connectivity index (χ0) is 13.3. The fourth-order valence-electron chi connectivity index (χ4n) is 3.60. The molecule has 18 heavy (non-hydrogen) atoms. The first kappa shape index (κ1) is 14.3. The van der Waals surface area contributed by atoms with Crippen molar-refractivity contribution in [1.82, 2.24) is 4.90 Å². The Bertz CT molecular complexity index is 266. The summed E-state index contributed by atoms with van der Waals surface area (Å²) in [5, 5.41) is 10.4. The van der Waals surface area contributed by atoms with Crippen LogP contribution in [0.1, 0.15) is 52.4 Å². The van der Waals surface area contributed by atoms with Crippen LogP contribution in [0.25, 0.3) is 0 Å². The lowest BCUT2D eigenvalue weighted by Crippen LogP contribution is -2.43. The quantitative estimate of drug-likeness (QED) is 0.819. The number of hydrogen-bond donors (Lipinski definition) is 1. The van der Waals surface area contributed by atoms with Crippen LogP contribution in [-0.4, -0.2) is 48.0 Å². The smallest absolute Gasteiger partial charge is 0.0623 e. The Morgan fingerprint density at radius 2 is 1.83 bits per heavy atom. The molecule has 2 fully saturated rings. The minimum absolute atomic E-state index is 0.106. The highest BCUT2D eigenvalue weighted by Gasteiger charge is 2.40. The Morgan fingerprint density at radius 3 is 2.33 bits per heavy atom. The molecule has 2 bridgehead atoms. The second-order valence-electron chi connectivity index (χ2n) is 6.85. The predicted molar refractivity (Wildman–Crippen MR) is 73.6 cm³/mol. The van der Waals surface area contributed by atoms with Crippen LogP contribution in [0, 0.1) is 5.92 Å². The third kappa shape index (κ3) is 3.06. The number of methoxy groups -OCH3 is 1. The van der Waals surface area contributed by atoms with Gasteiger partial charge in [-0.1, -0.05) is 0 Å². The summed E-state index contributed by atoms with van der Waals surface area (Å²) in [6, 6.07) is 1.44. The Morgan fingerprint density at radius 1 is 1.28 bits per heavy atom. The van der Waals surface area contributed by atoms with Crippen molar-refractivity contribution >= 4 is 0 Å². The summed E-state index contributed by atoms with van der Waals surface area (Å²) < 4.78 is 5.43. The largest absolute Gasteiger partial charge is 0.393 e. The summed E-state index contributed by atoms with van der Waals surface area (Å²) >= 11 is 0. The third-order valence-electron chi connectivity index (χ3n) is 5.27. The van der Waals surface area contributed by atoms with Crippen molar-refractivity contribution in [2.45, 2.75) is 76.2 Å². The number of aliphatic hydroxyl groups excluding tert-OH is 1. The molecule has 0 aromatic rings. The summed E-state index contributed by atoms with van der Waals surface area (Å²) in [4.78, 5) is 2.53. The van der Waals surface area contributed by atoms with Gasteiger partial charge in [0.2, 0.25) is 0 Å². The Kier molecular flexibility index (Phi) is 4.35. The number of rotatable bonds is 5. The monoisotopic (exact) mass is 255 g/mol. The van der Waals surface area contributed by atoms with Crippen LogP contribution in [0.3, 0.4) is 0 Å². The first-order valence-corrected chi connectivity index (χ1v) is 7.38. The second-order valence-corrected chi connectivity index (χ2v) is 6.85. The molecule has 0 aromatic heterocycles. The molecule has 2 rings (SSSR count). The summed E-state index contributed by atoms with van der Waals surface area (Å²) in [5.41, 5.74) is -0.106. The fourth-order valence-corrected chi connectivity index (χ4v) is 3.60. The molecular weight excluding hydrogens is 226 g/mol. The summed E-state index contributed by atoms with van der Waals surface area (Å²) in [7, 11) is 4.00. The van der Waals surface area contributed by atoms with E-state index in [9.17, 15) is 5.11 Å². The minimum atomic E-state index is -0.142. The predicted octanol–water partition coefficient (Wildman–Crippen LogP) is 2.43. The minimum Gasteiger partial charge on any atom is -0.393 e. The number of aliphatic hydroxyl groups is 1. The lowest BCUT2D eigenvalue weighted by Gasteiger charge is -2.38. The van der Waals surface area contributed by atoms with Gasteiger partial charge in [-0.05, 0) is 65.3 Å². The first-order chi connectivity index (χ1) is 8.43. The van der Waals surface area contributed by atoms with E-state index in [-0.39, 0.29) is 11.7 Å². The van der Waals surface area contributed by atoms with Crippen molar-refractivity contribution in [3.63, 3.8) is 0 Å². The molecule has 2 aliphatic heterocycles. The number of ether oxygens (including phenoxy) is 1. The van der Waals surface area contributed by atoms with Gasteiger partial charge in [-0.3, -0.25) is 0 Å². The molecule has 0 aromatic carbocycles. The molecule has 3 heteroatoms. The lowest BCUT2D eigenvalue weighted by molar-refractivity contribution is -0.0152. The van der Waals surface area contributed by atoms with Crippen LogP contribution < -0.4 is 0 Å². The van der Waals surface area contributed by atoms with E-state index in [0.717, 1.165) is 24.9 Å². The average molecular weight is 255 g/mol. The van der Waals surface area contributed by atoms with Crippen molar-refractivity contribution in [2.75, 3.05) is 14.2 Å². The Hall–Kier alpha value is -0.120. The van der Waals surface area contributed by atoms with Crippen LogP contribution in [-0.2, 0) is 4.74 Å². The van der Waals surface area contributed by atoms with Gasteiger partial charge in [-0.2, -0.15) is 0 Å². The lowest BCUT2D eigenvalue weighted by atomic mass is 9.83.